The summed E-state index contributed by atoms with van der Waals surface area (Å²) in [6, 6.07) is 8.33. The summed E-state index contributed by atoms with van der Waals surface area (Å²) >= 11 is 1.82. The van der Waals surface area contributed by atoms with Crippen molar-refractivity contribution in [3.05, 3.63) is 47.8 Å². The molecule has 1 aliphatic rings. The molecule has 0 saturated carbocycles. The molecular weight excluding hydrogens is 322 g/mol. The lowest BCUT2D eigenvalue weighted by molar-refractivity contribution is 0.0651. The number of ether oxygens (including phenoxy) is 1. The van der Waals surface area contributed by atoms with E-state index in [9.17, 15) is 5.11 Å². The predicted octanol–water partition coefficient (Wildman–Crippen LogP) is 2.46. The van der Waals surface area contributed by atoms with Crippen LogP contribution in [0.1, 0.15) is 30.5 Å². The van der Waals surface area contributed by atoms with Crippen molar-refractivity contribution in [2.75, 3.05) is 25.2 Å². The van der Waals surface area contributed by atoms with E-state index in [1.807, 2.05) is 34.8 Å². The second-order valence-electron chi connectivity index (χ2n) is 6.40. The first-order valence-electron chi connectivity index (χ1n) is 8.27. The van der Waals surface area contributed by atoms with Crippen LogP contribution in [-0.4, -0.2) is 45.6 Å². The molecule has 1 aliphatic heterocycles. The van der Waals surface area contributed by atoms with Gasteiger partial charge < -0.3 is 15.2 Å². The molecule has 3 rings (SSSR count). The molecule has 0 bridgehead atoms. The largest absolute Gasteiger partial charge is 0.496 e. The van der Waals surface area contributed by atoms with Gasteiger partial charge in [-0.05, 0) is 42.9 Å². The van der Waals surface area contributed by atoms with Gasteiger partial charge in [0.1, 0.15) is 5.75 Å². The second kappa shape index (κ2) is 7.59. The molecule has 1 fully saturated rings. The van der Waals surface area contributed by atoms with Gasteiger partial charge >= 0.3 is 0 Å². The Balaban J connectivity index is 1.70. The maximum atomic E-state index is 10.5. The Hall–Kier alpha value is -1.50. The van der Waals surface area contributed by atoms with Gasteiger partial charge in [0.05, 0.1) is 19.3 Å². The molecule has 6 heteroatoms. The molecule has 0 aliphatic carbocycles. The van der Waals surface area contributed by atoms with Gasteiger partial charge in [-0.3, -0.25) is 4.68 Å². The summed E-state index contributed by atoms with van der Waals surface area (Å²) in [4.78, 5) is 0. The van der Waals surface area contributed by atoms with Gasteiger partial charge in [-0.1, -0.05) is 6.07 Å². The number of aromatic nitrogens is 2. The van der Waals surface area contributed by atoms with Gasteiger partial charge in [0.2, 0.25) is 0 Å². The highest BCUT2D eigenvalue weighted by Crippen LogP contribution is 2.28. The van der Waals surface area contributed by atoms with Crippen molar-refractivity contribution >= 4 is 11.8 Å². The van der Waals surface area contributed by atoms with Gasteiger partial charge in [0.15, 0.2) is 0 Å². The standard InChI is InChI=1S/C18H25N3O2S/c1-14(19-12-18(22)6-9-24-13-18)15-4-5-17(23-2)16(10-15)11-21-8-3-7-20-21/h3-5,7-8,10,14,19,22H,6,9,11-13H2,1-2H3/t14-,18+/m1/s1. The van der Waals surface area contributed by atoms with E-state index in [0.717, 1.165) is 29.2 Å². The van der Waals surface area contributed by atoms with Crippen molar-refractivity contribution in [1.82, 2.24) is 15.1 Å². The first-order chi connectivity index (χ1) is 11.6. The predicted molar refractivity (Wildman–Crippen MR) is 97.6 cm³/mol. The zero-order valence-electron chi connectivity index (χ0n) is 14.2. The molecule has 1 aromatic heterocycles. The summed E-state index contributed by atoms with van der Waals surface area (Å²) in [5, 5.41) is 18.2. The molecule has 24 heavy (non-hydrogen) atoms. The fourth-order valence-electron chi connectivity index (χ4n) is 2.96. The Morgan fingerprint density at radius 1 is 1.50 bits per heavy atom. The van der Waals surface area contributed by atoms with Crippen LogP contribution in [-0.2, 0) is 6.54 Å². The van der Waals surface area contributed by atoms with E-state index in [0.29, 0.717) is 13.1 Å². The Morgan fingerprint density at radius 3 is 3.04 bits per heavy atom. The summed E-state index contributed by atoms with van der Waals surface area (Å²) in [5.74, 6) is 2.73. The quantitative estimate of drug-likeness (QED) is 0.806. The molecule has 0 amide bonds. The molecular formula is C18H25N3O2S. The number of methoxy groups -OCH3 is 1. The van der Waals surface area contributed by atoms with Crippen molar-refractivity contribution in [2.24, 2.45) is 0 Å². The molecule has 1 aromatic carbocycles. The fraction of sp³-hybridized carbons (Fsp3) is 0.500. The molecule has 5 nitrogen and oxygen atoms in total. The maximum absolute atomic E-state index is 10.5. The number of hydrogen-bond acceptors (Lipinski definition) is 5. The van der Waals surface area contributed by atoms with Crippen molar-refractivity contribution in [3.63, 3.8) is 0 Å². The Labute approximate surface area is 147 Å². The fourth-order valence-corrected chi connectivity index (χ4v) is 4.25. The first-order valence-corrected chi connectivity index (χ1v) is 9.43. The molecule has 0 radical (unpaired) electrons. The molecule has 2 aromatic rings. The SMILES string of the molecule is COc1ccc([C@@H](C)NC[C@@]2(O)CCSC2)cc1Cn1cccn1. The molecule has 2 heterocycles. The van der Waals surface area contributed by atoms with Gasteiger partial charge in [-0.15, -0.1) is 0 Å². The summed E-state index contributed by atoms with van der Waals surface area (Å²) in [6.45, 7) is 3.43. The third-order valence-electron chi connectivity index (χ3n) is 4.52. The minimum absolute atomic E-state index is 0.168. The number of nitrogens with zero attached hydrogens (tertiary/aromatic N) is 2. The number of hydrogen-bond donors (Lipinski definition) is 2. The minimum atomic E-state index is -0.566. The topological polar surface area (TPSA) is 59.3 Å². The zero-order valence-corrected chi connectivity index (χ0v) is 15.1. The van der Waals surface area contributed by atoms with E-state index in [1.54, 1.807) is 13.3 Å². The number of nitrogens with one attached hydrogen (secondary N) is 1. The van der Waals surface area contributed by atoms with E-state index < -0.39 is 5.60 Å². The van der Waals surface area contributed by atoms with Crippen LogP contribution in [0.5, 0.6) is 5.75 Å². The highest BCUT2D eigenvalue weighted by Gasteiger charge is 2.31. The van der Waals surface area contributed by atoms with Gasteiger partial charge in [-0.25, -0.2) is 0 Å². The normalized spacial score (nSPS) is 21.8. The van der Waals surface area contributed by atoms with Crippen LogP contribution in [0, 0.1) is 0 Å². The van der Waals surface area contributed by atoms with Gasteiger partial charge in [0.25, 0.3) is 0 Å². The van der Waals surface area contributed by atoms with E-state index in [1.165, 1.54) is 5.56 Å². The molecule has 2 N–H and O–H groups in total. The van der Waals surface area contributed by atoms with Crippen LogP contribution in [0.15, 0.2) is 36.7 Å². The Kier molecular flexibility index (Phi) is 5.48. The number of aliphatic hydroxyl groups is 1. The smallest absolute Gasteiger partial charge is 0.123 e. The van der Waals surface area contributed by atoms with Crippen LogP contribution in [0.3, 0.4) is 0 Å². The van der Waals surface area contributed by atoms with Gasteiger partial charge in [-0.2, -0.15) is 16.9 Å². The molecule has 0 unspecified atom stereocenters. The van der Waals surface area contributed by atoms with Crippen molar-refractivity contribution in [1.29, 1.82) is 0 Å². The van der Waals surface area contributed by atoms with E-state index in [2.05, 4.69) is 29.5 Å². The van der Waals surface area contributed by atoms with Gasteiger partial charge in [0, 0.05) is 36.3 Å². The van der Waals surface area contributed by atoms with E-state index in [-0.39, 0.29) is 6.04 Å². The molecule has 1 saturated heterocycles. The zero-order chi connectivity index (χ0) is 17.0. The third kappa shape index (κ3) is 4.12. The average molecular weight is 347 g/mol. The Morgan fingerprint density at radius 2 is 2.38 bits per heavy atom. The van der Waals surface area contributed by atoms with Crippen LogP contribution >= 0.6 is 11.8 Å². The minimum Gasteiger partial charge on any atom is -0.496 e. The maximum Gasteiger partial charge on any atom is 0.123 e. The summed E-state index contributed by atoms with van der Waals surface area (Å²) in [5.41, 5.74) is 1.72. The van der Waals surface area contributed by atoms with Crippen molar-refractivity contribution in [3.8, 4) is 5.75 Å². The van der Waals surface area contributed by atoms with Crippen LogP contribution < -0.4 is 10.1 Å². The second-order valence-corrected chi connectivity index (χ2v) is 7.51. The van der Waals surface area contributed by atoms with Crippen LogP contribution in [0.2, 0.25) is 0 Å². The summed E-state index contributed by atoms with van der Waals surface area (Å²) in [7, 11) is 1.69. The lowest BCUT2D eigenvalue weighted by Gasteiger charge is -2.25. The highest BCUT2D eigenvalue weighted by atomic mass is 32.2. The van der Waals surface area contributed by atoms with Crippen molar-refractivity contribution < 1.29 is 9.84 Å². The average Bonchev–Trinajstić information content (AvgIpc) is 3.25. The molecule has 130 valence electrons. The van der Waals surface area contributed by atoms with E-state index >= 15 is 0 Å². The van der Waals surface area contributed by atoms with Crippen LogP contribution in [0.25, 0.3) is 0 Å². The lowest BCUT2D eigenvalue weighted by atomic mass is 10.0. The number of thioether (sulfide) groups is 1. The Bertz CT molecular complexity index is 654. The van der Waals surface area contributed by atoms with Crippen LogP contribution in [0.4, 0.5) is 0 Å². The number of benzene rings is 1. The third-order valence-corrected chi connectivity index (χ3v) is 5.75. The van der Waals surface area contributed by atoms with E-state index in [4.69, 9.17) is 4.74 Å². The first kappa shape index (κ1) is 17.3. The summed E-state index contributed by atoms with van der Waals surface area (Å²) in [6.07, 6.45) is 4.59. The van der Waals surface area contributed by atoms with Crippen molar-refractivity contribution in [2.45, 2.75) is 31.5 Å². The summed E-state index contributed by atoms with van der Waals surface area (Å²) < 4.78 is 7.37. The highest BCUT2D eigenvalue weighted by molar-refractivity contribution is 7.99. The monoisotopic (exact) mass is 347 g/mol. The lowest BCUT2D eigenvalue weighted by Crippen LogP contribution is -2.41. The number of rotatable bonds is 7. The molecule has 2 atom stereocenters. The molecule has 0 spiro atoms.